The standard InChI is InChI=1S/C13H19BN2O4/c1-15-13(10-6-4-3-5-7-10)14-19-11(17)8-16(2)9-12(18)20-14/h10,13H,3-9H2,2H3. The van der Waals surface area contributed by atoms with Crippen LogP contribution in [0.2, 0.25) is 0 Å². The van der Waals surface area contributed by atoms with Crippen molar-refractivity contribution < 1.29 is 18.9 Å². The molecule has 0 aromatic heterocycles. The number of carbonyl (C=O) groups is 2. The fraction of sp³-hybridized carbons (Fsp3) is 0.769. The average Bonchev–Trinajstić information content (AvgIpc) is 2.38. The normalized spacial score (nSPS) is 24.1. The van der Waals surface area contributed by atoms with Gasteiger partial charge < -0.3 is 14.2 Å². The summed E-state index contributed by atoms with van der Waals surface area (Å²) in [7, 11) is 0.598. The summed E-state index contributed by atoms with van der Waals surface area (Å²) in [6, 6.07) is 0. The molecule has 0 spiro atoms. The van der Waals surface area contributed by atoms with Crippen LogP contribution in [-0.2, 0) is 18.9 Å². The molecule has 1 atom stereocenters. The van der Waals surface area contributed by atoms with Gasteiger partial charge in [0.1, 0.15) is 0 Å². The van der Waals surface area contributed by atoms with Crippen molar-refractivity contribution in [2.24, 2.45) is 5.92 Å². The van der Waals surface area contributed by atoms with E-state index >= 15 is 0 Å². The predicted molar refractivity (Wildman–Crippen MR) is 72.4 cm³/mol. The molecule has 0 bridgehead atoms. The van der Waals surface area contributed by atoms with E-state index in [0.29, 0.717) is 0 Å². The van der Waals surface area contributed by atoms with E-state index in [9.17, 15) is 9.59 Å². The quantitative estimate of drug-likeness (QED) is 0.555. The third kappa shape index (κ3) is 3.73. The summed E-state index contributed by atoms with van der Waals surface area (Å²) < 4.78 is 10.4. The van der Waals surface area contributed by atoms with Gasteiger partial charge in [-0.15, -0.1) is 0 Å². The summed E-state index contributed by atoms with van der Waals surface area (Å²) in [5.41, 5.74) is 0. The van der Waals surface area contributed by atoms with Crippen molar-refractivity contribution in [1.29, 1.82) is 0 Å². The van der Waals surface area contributed by atoms with E-state index in [2.05, 4.69) is 4.85 Å². The Bertz CT molecular complexity index is 397. The van der Waals surface area contributed by atoms with Crippen LogP contribution in [0.5, 0.6) is 0 Å². The van der Waals surface area contributed by atoms with Crippen LogP contribution in [-0.4, -0.2) is 50.0 Å². The molecule has 2 rings (SSSR count). The summed E-state index contributed by atoms with van der Waals surface area (Å²) in [5.74, 6) is -1.33. The van der Waals surface area contributed by atoms with Crippen molar-refractivity contribution >= 4 is 19.1 Å². The fourth-order valence-electron chi connectivity index (χ4n) is 2.86. The minimum atomic E-state index is -1.05. The number of hydrogen-bond acceptors (Lipinski definition) is 5. The molecule has 20 heavy (non-hydrogen) atoms. The Morgan fingerprint density at radius 2 is 1.75 bits per heavy atom. The van der Waals surface area contributed by atoms with Crippen LogP contribution in [0, 0.1) is 12.5 Å². The van der Waals surface area contributed by atoms with Crippen molar-refractivity contribution in [2.75, 3.05) is 20.1 Å². The Morgan fingerprint density at radius 3 is 2.25 bits per heavy atom. The summed E-state index contributed by atoms with van der Waals surface area (Å²) >= 11 is 0. The van der Waals surface area contributed by atoms with Crippen molar-refractivity contribution in [3.05, 3.63) is 11.4 Å². The molecule has 108 valence electrons. The van der Waals surface area contributed by atoms with Crippen LogP contribution in [0.3, 0.4) is 0 Å². The molecule has 1 saturated carbocycles. The Balaban J connectivity index is 2.08. The number of rotatable bonds is 2. The smallest absolute Gasteiger partial charge is 0.493 e. The summed E-state index contributed by atoms with van der Waals surface area (Å²) in [4.78, 5) is 28.5. The van der Waals surface area contributed by atoms with Gasteiger partial charge in [0, 0.05) is 5.92 Å². The zero-order valence-corrected chi connectivity index (χ0v) is 11.7. The van der Waals surface area contributed by atoms with E-state index in [0.717, 1.165) is 25.7 Å². The third-order valence-corrected chi connectivity index (χ3v) is 3.85. The van der Waals surface area contributed by atoms with Gasteiger partial charge in [-0.2, -0.15) is 0 Å². The van der Waals surface area contributed by atoms with E-state index in [1.165, 1.54) is 11.3 Å². The first-order chi connectivity index (χ1) is 9.60. The van der Waals surface area contributed by atoms with E-state index in [1.54, 1.807) is 7.05 Å². The minimum Gasteiger partial charge on any atom is -0.493 e. The van der Waals surface area contributed by atoms with Gasteiger partial charge >= 0.3 is 19.1 Å². The Hall–Kier alpha value is -1.55. The van der Waals surface area contributed by atoms with Crippen molar-refractivity contribution in [2.45, 2.75) is 38.0 Å². The number of likely N-dealkylation sites (N-methyl/N-ethyl adjacent to an activating group) is 1. The fourth-order valence-corrected chi connectivity index (χ4v) is 2.86. The van der Waals surface area contributed by atoms with Gasteiger partial charge in [-0.25, -0.2) is 6.57 Å². The lowest BCUT2D eigenvalue weighted by Gasteiger charge is -2.27. The van der Waals surface area contributed by atoms with Gasteiger partial charge in [-0.05, 0) is 19.9 Å². The van der Waals surface area contributed by atoms with Crippen molar-refractivity contribution in [3.8, 4) is 0 Å². The maximum Gasteiger partial charge on any atom is 0.688 e. The van der Waals surface area contributed by atoms with Gasteiger partial charge in [0.15, 0.2) is 0 Å². The summed E-state index contributed by atoms with van der Waals surface area (Å²) in [6.45, 7) is 7.45. The van der Waals surface area contributed by atoms with E-state index < -0.39 is 25.0 Å². The van der Waals surface area contributed by atoms with Crippen LogP contribution in [0.4, 0.5) is 0 Å². The molecular formula is C13H19BN2O4. The molecule has 1 aliphatic carbocycles. The molecule has 1 saturated heterocycles. The zero-order valence-electron chi connectivity index (χ0n) is 11.7. The molecule has 2 fully saturated rings. The molecule has 0 aromatic rings. The molecule has 6 nitrogen and oxygen atoms in total. The summed E-state index contributed by atoms with van der Waals surface area (Å²) in [6.07, 6.45) is 5.19. The second kappa shape index (κ2) is 6.75. The van der Waals surface area contributed by atoms with Crippen LogP contribution >= 0.6 is 0 Å². The topological polar surface area (TPSA) is 60.2 Å². The Kier molecular flexibility index (Phi) is 5.02. The van der Waals surface area contributed by atoms with Crippen LogP contribution in [0.25, 0.3) is 4.85 Å². The van der Waals surface area contributed by atoms with Gasteiger partial charge in [0.2, 0.25) is 0 Å². The highest BCUT2D eigenvalue weighted by Crippen LogP contribution is 2.30. The van der Waals surface area contributed by atoms with E-state index in [1.807, 2.05) is 0 Å². The average molecular weight is 278 g/mol. The Labute approximate surface area is 119 Å². The van der Waals surface area contributed by atoms with Gasteiger partial charge in [-0.3, -0.25) is 14.5 Å². The second-order valence-corrected chi connectivity index (χ2v) is 5.54. The molecule has 1 unspecified atom stereocenters. The summed E-state index contributed by atoms with van der Waals surface area (Å²) in [5, 5.41) is 0. The van der Waals surface area contributed by atoms with Gasteiger partial charge in [0.25, 0.3) is 5.94 Å². The maximum atomic E-state index is 11.7. The monoisotopic (exact) mass is 278 g/mol. The highest BCUT2D eigenvalue weighted by atomic mass is 16.6. The first kappa shape index (κ1) is 14.9. The minimum absolute atomic E-state index is 0.0426. The maximum absolute atomic E-state index is 11.7. The number of hydrogen-bond donors (Lipinski definition) is 0. The van der Waals surface area contributed by atoms with Gasteiger partial charge in [0.05, 0.1) is 13.1 Å². The molecule has 0 aromatic carbocycles. The largest absolute Gasteiger partial charge is 0.688 e. The molecular weight excluding hydrogens is 259 g/mol. The van der Waals surface area contributed by atoms with Crippen molar-refractivity contribution in [3.63, 3.8) is 0 Å². The highest BCUT2D eigenvalue weighted by Gasteiger charge is 2.49. The molecule has 0 amide bonds. The number of carbonyl (C=O) groups excluding carboxylic acids is 2. The first-order valence-corrected chi connectivity index (χ1v) is 7.04. The van der Waals surface area contributed by atoms with Crippen molar-refractivity contribution in [1.82, 2.24) is 4.90 Å². The van der Waals surface area contributed by atoms with Crippen LogP contribution < -0.4 is 0 Å². The predicted octanol–water partition coefficient (Wildman–Crippen LogP) is 0.914. The zero-order chi connectivity index (χ0) is 14.5. The SMILES string of the molecule is [C-]#[N+]C(B1OC(=O)CN(C)CC(=O)O1)C1CCCCC1. The van der Waals surface area contributed by atoms with E-state index in [4.69, 9.17) is 15.9 Å². The number of nitrogens with zero attached hydrogens (tertiary/aromatic N) is 2. The third-order valence-electron chi connectivity index (χ3n) is 3.85. The second-order valence-electron chi connectivity index (χ2n) is 5.54. The first-order valence-electron chi connectivity index (χ1n) is 7.04. The molecule has 7 heteroatoms. The van der Waals surface area contributed by atoms with E-state index in [-0.39, 0.29) is 19.0 Å². The van der Waals surface area contributed by atoms with Gasteiger partial charge in [-0.1, -0.05) is 19.3 Å². The molecule has 1 aliphatic heterocycles. The molecule has 0 N–H and O–H groups in total. The molecule has 0 radical (unpaired) electrons. The lowest BCUT2D eigenvalue weighted by molar-refractivity contribution is -0.146. The lowest BCUT2D eigenvalue weighted by Crippen LogP contribution is -2.49. The highest BCUT2D eigenvalue weighted by molar-refractivity contribution is 6.51. The van der Waals surface area contributed by atoms with Crippen LogP contribution in [0.1, 0.15) is 32.1 Å². The Morgan fingerprint density at radius 1 is 1.20 bits per heavy atom. The molecule has 2 aliphatic rings. The molecule has 1 heterocycles. The van der Waals surface area contributed by atoms with Crippen LogP contribution in [0.15, 0.2) is 0 Å². The lowest BCUT2D eigenvalue weighted by atomic mass is 9.66.